The molecule has 122 valence electrons. The van der Waals surface area contributed by atoms with Gasteiger partial charge in [0, 0.05) is 6.04 Å². The molecular formula is C17H26N2O3. The zero-order valence-corrected chi connectivity index (χ0v) is 13.8. The molecule has 0 saturated heterocycles. The van der Waals surface area contributed by atoms with Gasteiger partial charge < -0.3 is 15.4 Å². The van der Waals surface area contributed by atoms with Gasteiger partial charge in [0.25, 0.3) is 0 Å². The summed E-state index contributed by atoms with van der Waals surface area (Å²) in [6, 6.07) is 8.87. The van der Waals surface area contributed by atoms with Crippen LogP contribution in [0, 0.1) is 5.92 Å². The van der Waals surface area contributed by atoms with Gasteiger partial charge in [-0.2, -0.15) is 0 Å². The third-order valence-electron chi connectivity index (χ3n) is 3.41. The summed E-state index contributed by atoms with van der Waals surface area (Å²) in [5.41, 5.74) is 0.907. The van der Waals surface area contributed by atoms with Gasteiger partial charge in [-0.1, -0.05) is 50.6 Å². The van der Waals surface area contributed by atoms with Crippen LogP contribution >= 0.6 is 0 Å². The molecule has 0 aliphatic carbocycles. The lowest BCUT2D eigenvalue weighted by molar-refractivity contribution is -0.124. The normalized spacial score (nSPS) is 13.3. The summed E-state index contributed by atoms with van der Waals surface area (Å²) < 4.78 is 5.18. The molecular weight excluding hydrogens is 280 g/mol. The lowest BCUT2D eigenvalue weighted by Crippen LogP contribution is -2.51. The van der Waals surface area contributed by atoms with Gasteiger partial charge in [-0.05, 0) is 25.3 Å². The Bertz CT molecular complexity index is 474. The molecule has 5 nitrogen and oxygen atoms in total. The zero-order chi connectivity index (χ0) is 16.5. The minimum absolute atomic E-state index is 0.0289. The first-order valence-corrected chi connectivity index (χ1v) is 7.71. The number of alkyl carbamates (subject to hydrolysis) is 1. The van der Waals surface area contributed by atoms with Crippen LogP contribution in [0.15, 0.2) is 30.3 Å². The van der Waals surface area contributed by atoms with Crippen LogP contribution in [0.5, 0.6) is 0 Å². The van der Waals surface area contributed by atoms with E-state index in [-0.39, 0.29) is 24.5 Å². The van der Waals surface area contributed by atoms with Crippen molar-refractivity contribution < 1.29 is 14.3 Å². The molecule has 22 heavy (non-hydrogen) atoms. The van der Waals surface area contributed by atoms with Crippen LogP contribution in [0.25, 0.3) is 0 Å². The third-order valence-corrected chi connectivity index (χ3v) is 3.41. The molecule has 2 atom stereocenters. The molecule has 1 rings (SSSR count). The summed E-state index contributed by atoms with van der Waals surface area (Å²) >= 11 is 0. The zero-order valence-electron chi connectivity index (χ0n) is 13.8. The summed E-state index contributed by atoms with van der Waals surface area (Å²) in [6.45, 7) is 7.88. The minimum Gasteiger partial charge on any atom is -0.445 e. The fourth-order valence-electron chi connectivity index (χ4n) is 1.97. The van der Waals surface area contributed by atoms with Crippen molar-refractivity contribution >= 4 is 12.0 Å². The van der Waals surface area contributed by atoms with Gasteiger partial charge in [0.15, 0.2) is 0 Å². The fraction of sp³-hybridized carbons (Fsp3) is 0.529. The van der Waals surface area contributed by atoms with Crippen molar-refractivity contribution in [3.63, 3.8) is 0 Å². The number of hydrogen-bond acceptors (Lipinski definition) is 3. The highest BCUT2D eigenvalue weighted by Gasteiger charge is 2.26. The van der Waals surface area contributed by atoms with E-state index in [1.165, 1.54) is 0 Å². The number of amides is 2. The van der Waals surface area contributed by atoms with E-state index in [0.717, 1.165) is 12.0 Å². The van der Waals surface area contributed by atoms with E-state index in [4.69, 9.17) is 4.74 Å². The average molecular weight is 306 g/mol. The fourth-order valence-corrected chi connectivity index (χ4v) is 1.97. The molecule has 0 aromatic heterocycles. The summed E-state index contributed by atoms with van der Waals surface area (Å²) in [7, 11) is 0. The second-order valence-corrected chi connectivity index (χ2v) is 5.73. The Kier molecular flexibility index (Phi) is 7.43. The molecule has 0 heterocycles. The van der Waals surface area contributed by atoms with E-state index < -0.39 is 12.1 Å². The maximum absolute atomic E-state index is 12.2. The highest BCUT2D eigenvalue weighted by Crippen LogP contribution is 2.09. The van der Waals surface area contributed by atoms with Gasteiger partial charge in [-0.25, -0.2) is 4.79 Å². The van der Waals surface area contributed by atoms with Gasteiger partial charge in [0.1, 0.15) is 12.6 Å². The number of carbonyl (C=O) groups is 2. The van der Waals surface area contributed by atoms with Gasteiger partial charge in [0.2, 0.25) is 5.91 Å². The highest BCUT2D eigenvalue weighted by molar-refractivity contribution is 5.86. The maximum Gasteiger partial charge on any atom is 0.408 e. The smallest absolute Gasteiger partial charge is 0.408 e. The van der Waals surface area contributed by atoms with Crippen molar-refractivity contribution in [2.75, 3.05) is 0 Å². The summed E-state index contributed by atoms with van der Waals surface area (Å²) in [6.07, 6.45) is 0.211. The average Bonchev–Trinajstić information content (AvgIpc) is 2.50. The Morgan fingerprint density at radius 2 is 1.73 bits per heavy atom. The molecule has 0 aliphatic rings. The number of rotatable bonds is 7. The van der Waals surface area contributed by atoms with Crippen LogP contribution in [-0.2, 0) is 16.1 Å². The molecule has 1 aromatic carbocycles. The topological polar surface area (TPSA) is 67.4 Å². The first kappa shape index (κ1) is 18.0. The molecule has 0 radical (unpaired) electrons. The molecule has 0 bridgehead atoms. The van der Waals surface area contributed by atoms with E-state index >= 15 is 0 Å². The monoisotopic (exact) mass is 306 g/mol. The van der Waals surface area contributed by atoms with Crippen molar-refractivity contribution in [1.82, 2.24) is 10.6 Å². The Morgan fingerprint density at radius 3 is 2.27 bits per heavy atom. The Balaban J connectivity index is 2.57. The Hall–Kier alpha value is -2.04. The van der Waals surface area contributed by atoms with E-state index in [1.807, 2.05) is 58.0 Å². The first-order valence-electron chi connectivity index (χ1n) is 7.71. The van der Waals surface area contributed by atoms with Gasteiger partial charge in [-0.15, -0.1) is 0 Å². The maximum atomic E-state index is 12.2. The standard InChI is InChI=1S/C17H26N2O3/c1-5-13(4)15(16(20)18-12(2)3)19-17(21)22-11-14-9-7-6-8-10-14/h6-10,12-13,15H,5,11H2,1-4H3,(H,18,20)(H,19,21)/t13-,15-/m0/s1. The Labute approximate surface area is 132 Å². The molecule has 2 amide bonds. The lowest BCUT2D eigenvalue weighted by atomic mass is 9.98. The molecule has 0 spiro atoms. The van der Waals surface area contributed by atoms with Crippen molar-refractivity contribution in [3.8, 4) is 0 Å². The van der Waals surface area contributed by atoms with Crippen LogP contribution in [0.1, 0.15) is 39.7 Å². The molecule has 2 N–H and O–H groups in total. The number of ether oxygens (including phenoxy) is 1. The van der Waals surface area contributed by atoms with Gasteiger partial charge >= 0.3 is 6.09 Å². The van der Waals surface area contributed by atoms with Gasteiger partial charge in [-0.3, -0.25) is 4.79 Å². The number of benzene rings is 1. The number of carbonyl (C=O) groups excluding carboxylic acids is 2. The predicted molar refractivity (Wildman–Crippen MR) is 86.3 cm³/mol. The quantitative estimate of drug-likeness (QED) is 0.814. The third kappa shape index (κ3) is 6.16. The summed E-state index contributed by atoms with van der Waals surface area (Å²) in [4.78, 5) is 24.1. The van der Waals surface area contributed by atoms with Crippen molar-refractivity contribution in [3.05, 3.63) is 35.9 Å². The van der Waals surface area contributed by atoms with E-state index in [2.05, 4.69) is 10.6 Å². The highest BCUT2D eigenvalue weighted by atomic mass is 16.5. The van der Waals surface area contributed by atoms with Crippen molar-refractivity contribution in [1.29, 1.82) is 0 Å². The van der Waals surface area contributed by atoms with Gasteiger partial charge in [0.05, 0.1) is 0 Å². The molecule has 0 unspecified atom stereocenters. The van der Waals surface area contributed by atoms with Crippen molar-refractivity contribution in [2.24, 2.45) is 5.92 Å². The van der Waals surface area contributed by atoms with Crippen LogP contribution in [-0.4, -0.2) is 24.1 Å². The molecule has 5 heteroatoms. The number of hydrogen-bond donors (Lipinski definition) is 2. The van der Waals surface area contributed by atoms with Crippen LogP contribution in [0.2, 0.25) is 0 Å². The van der Waals surface area contributed by atoms with E-state index in [0.29, 0.717) is 0 Å². The molecule has 0 saturated carbocycles. The van der Waals surface area contributed by atoms with E-state index in [1.54, 1.807) is 0 Å². The summed E-state index contributed by atoms with van der Waals surface area (Å²) in [5.74, 6) is -0.149. The molecule has 0 aliphatic heterocycles. The van der Waals surface area contributed by atoms with Crippen molar-refractivity contribution in [2.45, 2.75) is 52.8 Å². The lowest BCUT2D eigenvalue weighted by Gasteiger charge is -2.24. The first-order chi connectivity index (χ1) is 10.4. The van der Waals surface area contributed by atoms with Crippen LogP contribution in [0.4, 0.5) is 4.79 Å². The minimum atomic E-state index is -0.587. The second-order valence-electron chi connectivity index (χ2n) is 5.73. The predicted octanol–water partition coefficient (Wildman–Crippen LogP) is 2.85. The number of nitrogens with one attached hydrogen (secondary N) is 2. The van der Waals surface area contributed by atoms with Crippen LogP contribution < -0.4 is 10.6 Å². The Morgan fingerprint density at radius 1 is 1.09 bits per heavy atom. The van der Waals surface area contributed by atoms with Crippen LogP contribution in [0.3, 0.4) is 0 Å². The molecule has 0 fully saturated rings. The second kappa shape index (κ2) is 9.07. The molecule has 1 aromatic rings. The SMILES string of the molecule is CC[C@H](C)[C@H](NC(=O)OCc1ccccc1)C(=O)NC(C)C. The largest absolute Gasteiger partial charge is 0.445 e. The summed E-state index contributed by atoms with van der Waals surface area (Å²) in [5, 5.41) is 5.50. The van der Waals surface area contributed by atoms with E-state index in [9.17, 15) is 9.59 Å².